The third-order valence-electron chi connectivity index (χ3n) is 0.733. The molecule has 2 N–H and O–H groups in total. The summed E-state index contributed by atoms with van der Waals surface area (Å²) < 4.78 is 20.2. The molecule has 0 radical (unpaired) electrons. The summed E-state index contributed by atoms with van der Waals surface area (Å²) >= 11 is 0. The zero-order valence-corrected chi connectivity index (χ0v) is 9.11. The van der Waals surface area contributed by atoms with Crippen molar-refractivity contribution in [3.63, 3.8) is 0 Å². The fourth-order valence-electron chi connectivity index (χ4n) is 0.415. The molecule has 82 valence electrons. The number of hydrogen-bond donors (Lipinski definition) is 2. The van der Waals surface area contributed by atoms with Crippen molar-refractivity contribution in [1.82, 2.24) is 0 Å². The number of isocyanates is 2. The number of rotatable bonds is 0. The third-order valence-corrected chi connectivity index (χ3v) is 0.733. The summed E-state index contributed by atoms with van der Waals surface area (Å²) in [6.45, 7) is 0. The van der Waals surface area contributed by atoms with Gasteiger partial charge < -0.3 is 4.57 Å². The molecule has 0 amide bonds. The van der Waals surface area contributed by atoms with Crippen LogP contribution in [-0.2, 0) is 14.2 Å². The van der Waals surface area contributed by atoms with E-state index in [2.05, 4.69) is 0 Å². The van der Waals surface area contributed by atoms with E-state index in [1.807, 2.05) is 0 Å². The fraction of sp³-hybridized carbons (Fsp3) is 0. The van der Waals surface area contributed by atoms with Crippen LogP contribution in [0.2, 0.25) is 0 Å². The summed E-state index contributed by atoms with van der Waals surface area (Å²) in [6, 6.07) is 7.94. The van der Waals surface area contributed by atoms with Gasteiger partial charge in [-0.3, -0.25) is 0 Å². The first kappa shape index (κ1) is 18.8. The third kappa shape index (κ3) is 33.1. The van der Waals surface area contributed by atoms with Crippen LogP contribution in [0.3, 0.4) is 0 Å². The molecule has 0 aliphatic carbocycles. The molecule has 0 bridgehead atoms. The first-order chi connectivity index (χ1) is 7.22. The van der Waals surface area contributed by atoms with E-state index in [0.717, 1.165) is 12.2 Å². The molecule has 5 nitrogen and oxygen atoms in total. The van der Waals surface area contributed by atoms with E-state index in [9.17, 15) is 4.39 Å². The minimum Gasteiger partial charge on any atom is -0.333 e. The van der Waals surface area contributed by atoms with Crippen LogP contribution in [0.15, 0.2) is 30.3 Å². The maximum absolute atomic E-state index is 11.9. The van der Waals surface area contributed by atoms with Crippen molar-refractivity contribution in [1.29, 1.82) is 10.8 Å². The van der Waals surface area contributed by atoms with Crippen molar-refractivity contribution in [2.75, 3.05) is 0 Å². The van der Waals surface area contributed by atoms with E-state index >= 15 is 0 Å². The summed E-state index contributed by atoms with van der Waals surface area (Å²) in [5, 5.41) is 10.8. The van der Waals surface area contributed by atoms with Crippen molar-refractivity contribution >= 4 is 21.3 Å². The maximum atomic E-state index is 11.9. The molecule has 15 heavy (non-hydrogen) atoms. The Bertz CT molecular complexity index is 284. The predicted molar refractivity (Wildman–Crippen MR) is 55.0 cm³/mol. The van der Waals surface area contributed by atoms with Gasteiger partial charge in [0.2, 0.25) is 12.2 Å². The molecule has 1 aromatic rings. The van der Waals surface area contributed by atoms with Gasteiger partial charge in [-0.05, 0) is 12.1 Å². The Balaban J connectivity index is -0.000000154. The first-order valence-electron chi connectivity index (χ1n) is 3.30. The Hall–Kier alpha value is -1.86. The topological polar surface area (TPSA) is 98.9 Å². The van der Waals surface area contributed by atoms with E-state index < -0.39 is 0 Å². The Labute approximate surface area is 87.6 Å². The molecule has 0 aliphatic heterocycles. The van der Waals surface area contributed by atoms with Crippen LogP contribution in [-0.4, -0.2) is 12.2 Å². The van der Waals surface area contributed by atoms with E-state index in [4.69, 9.17) is 25.0 Å². The molecule has 0 heterocycles. The molecular formula is C8H10FN2O3P. The second-order valence-electron chi connectivity index (χ2n) is 1.50. The van der Waals surface area contributed by atoms with Crippen LogP contribution in [0.25, 0.3) is 0 Å². The van der Waals surface area contributed by atoms with Gasteiger partial charge in [-0.15, -0.1) is 0 Å². The highest BCUT2D eigenvalue weighted by atomic mass is 31.0. The minimum absolute atomic E-state index is 0.178. The van der Waals surface area contributed by atoms with Crippen LogP contribution >= 0.6 is 9.12 Å². The largest absolute Gasteiger partial charge is 0.333 e. The van der Waals surface area contributed by atoms with Crippen LogP contribution in [0, 0.1) is 16.6 Å². The number of halogens is 1. The summed E-state index contributed by atoms with van der Waals surface area (Å²) in [7, 11) is 0.611. The molecule has 1 unspecified atom stereocenters. The van der Waals surface area contributed by atoms with Gasteiger partial charge in [-0.25, -0.2) is 24.8 Å². The van der Waals surface area contributed by atoms with E-state index in [1.54, 1.807) is 18.2 Å². The second-order valence-corrected chi connectivity index (χ2v) is 1.50. The van der Waals surface area contributed by atoms with E-state index in [1.165, 1.54) is 12.1 Å². The molecule has 0 spiro atoms. The molecule has 0 aromatic heterocycles. The number of benzene rings is 1. The van der Waals surface area contributed by atoms with Gasteiger partial charge >= 0.3 is 0 Å². The van der Waals surface area contributed by atoms with Gasteiger partial charge in [0.1, 0.15) is 5.82 Å². The SMILES string of the molecule is Fc1ccccc1.N=C=O.N=C=O.O=[PH3]. The maximum Gasteiger partial charge on any atom is 0.231 e. The summed E-state index contributed by atoms with van der Waals surface area (Å²) in [5.41, 5.74) is 0. The summed E-state index contributed by atoms with van der Waals surface area (Å²) in [6.07, 6.45) is 1.50. The summed E-state index contributed by atoms with van der Waals surface area (Å²) in [4.78, 5) is 16.7. The lowest BCUT2D eigenvalue weighted by Gasteiger charge is -1.78. The Morgan fingerprint density at radius 3 is 1.40 bits per heavy atom. The second kappa shape index (κ2) is 22.7. The number of hydrogen-bond acceptors (Lipinski definition) is 5. The van der Waals surface area contributed by atoms with E-state index in [-0.39, 0.29) is 5.82 Å². The molecule has 1 aromatic carbocycles. The Morgan fingerprint density at radius 2 is 1.27 bits per heavy atom. The molecule has 7 heteroatoms. The van der Waals surface area contributed by atoms with Crippen molar-refractivity contribution in [2.24, 2.45) is 0 Å². The summed E-state index contributed by atoms with van der Waals surface area (Å²) in [5.74, 6) is -0.178. The van der Waals surface area contributed by atoms with E-state index in [0.29, 0.717) is 9.12 Å². The Morgan fingerprint density at radius 1 is 1.00 bits per heavy atom. The minimum atomic E-state index is -0.178. The molecule has 1 rings (SSSR count). The molecule has 0 aliphatic rings. The van der Waals surface area contributed by atoms with Crippen molar-refractivity contribution in [3.8, 4) is 0 Å². The highest BCUT2D eigenvalue weighted by Gasteiger charge is 1.77. The van der Waals surface area contributed by atoms with Crippen LogP contribution < -0.4 is 0 Å². The molecule has 0 fully saturated rings. The van der Waals surface area contributed by atoms with Gasteiger partial charge in [0.05, 0.1) is 9.12 Å². The van der Waals surface area contributed by atoms with Gasteiger partial charge in [-0.2, -0.15) is 0 Å². The smallest absolute Gasteiger partial charge is 0.231 e. The average molecular weight is 232 g/mol. The van der Waals surface area contributed by atoms with Gasteiger partial charge in [0.15, 0.2) is 0 Å². The van der Waals surface area contributed by atoms with Crippen LogP contribution in [0.1, 0.15) is 0 Å². The zero-order chi connectivity index (χ0) is 12.5. The van der Waals surface area contributed by atoms with Crippen molar-refractivity contribution in [3.05, 3.63) is 36.1 Å². The monoisotopic (exact) mass is 232 g/mol. The van der Waals surface area contributed by atoms with Gasteiger partial charge in [-0.1, -0.05) is 18.2 Å². The molecular weight excluding hydrogens is 222 g/mol. The predicted octanol–water partition coefficient (Wildman–Crippen LogP) is 1.57. The lowest BCUT2D eigenvalue weighted by Crippen LogP contribution is -1.63. The standard InChI is InChI=1S/C6H5F.2CHNO.H3OP/c7-6-4-2-1-3-5-6;2*2-1-3;1-2/h1-5H;2*2H;2H3. The lowest BCUT2D eigenvalue weighted by atomic mass is 10.4. The van der Waals surface area contributed by atoms with Gasteiger partial charge in [0, 0.05) is 0 Å². The Kier molecular flexibility index (Phi) is 28.5. The van der Waals surface area contributed by atoms with Gasteiger partial charge in [0.25, 0.3) is 0 Å². The average Bonchev–Trinajstić information content (AvgIpc) is 2.24. The van der Waals surface area contributed by atoms with Crippen LogP contribution in [0.4, 0.5) is 4.39 Å². The molecule has 1 atom stereocenters. The fourth-order valence-corrected chi connectivity index (χ4v) is 0.415. The first-order valence-corrected chi connectivity index (χ1v) is 3.87. The highest BCUT2D eigenvalue weighted by molar-refractivity contribution is 7.00. The van der Waals surface area contributed by atoms with Crippen molar-refractivity contribution in [2.45, 2.75) is 0 Å². The zero-order valence-electron chi connectivity index (χ0n) is 7.70. The number of nitrogens with one attached hydrogen (secondary N) is 2. The number of carbonyl (C=O) groups excluding carboxylic acids is 2. The molecule has 0 saturated heterocycles. The lowest BCUT2D eigenvalue weighted by molar-refractivity contribution is 0.562. The normalized spacial score (nSPS) is 5.67. The van der Waals surface area contributed by atoms with Crippen LogP contribution in [0.5, 0.6) is 0 Å². The van der Waals surface area contributed by atoms with Crippen molar-refractivity contribution < 1.29 is 18.5 Å². The quantitative estimate of drug-likeness (QED) is 0.403. The molecule has 0 saturated carbocycles. The highest BCUT2D eigenvalue weighted by Crippen LogP contribution is 1.91.